The van der Waals surface area contributed by atoms with E-state index in [0.29, 0.717) is 16.4 Å². The highest BCUT2D eigenvalue weighted by Gasteiger charge is 2.20. The Morgan fingerprint density at radius 2 is 2.06 bits per heavy atom. The molecule has 1 aliphatic heterocycles. The number of carbonyl (C=O) groups excluding carboxylic acids is 1. The molecule has 0 bridgehead atoms. The summed E-state index contributed by atoms with van der Waals surface area (Å²) >= 11 is 5.95. The first-order chi connectivity index (χ1) is 15.1. The number of carbonyl (C=O) groups is 1. The van der Waals surface area contributed by atoms with E-state index in [2.05, 4.69) is 30.6 Å². The summed E-state index contributed by atoms with van der Waals surface area (Å²) in [6, 6.07) is 4.97. The molecule has 0 radical (unpaired) electrons. The van der Waals surface area contributed by atoms with Gasteiger partial charge in [0.1, 0.15) is 0 Å². The molecule has 5 heterocycles. The molecule has 12 heteroatoms. The molecule has 31 heavy (non-hydrogen) atoms. The molecule has 1 amide bonds. The van der Waals surface area contributed by atoms with Crippen LogP contribution in [0, 0.1) is 0 Å². The van der Waals surface area contributed by atoms with Crippen LogP contribution in [0.4, 0.5) is 11.4 Å². The minimum absolute atomic E-state index is 0.0171. The number of aromatic nitrogens is 5. The fourth-order valence-electron chi connectivity index (χ4n) is 3.40. The van der Waals surface area contributed by atoms with Gasteiger partial charge in [-0.2, -0.15) is 0 Å². The van der Waals surface area contributed by atoms with Gasteiger partial charge >= 0.3 is 11.6 Å². The summed E-state index contributed by atoms with van der Waals surface area (Å²) in [4.78, 5) is 35.6. The van der Waals surface area contributed by atoms with Crippen LogP contribution in [0.15, 0.2) is 52.2 Å². The quantitative estimate of drug-likeness (QED) is 0.485. The molecule has 0 spiro atoms. The zero-order valence-corrected chi connectivity index (χ0v) is 16.9. The van der Waals surface area contributed by atoms with E-state index in [-0.39, 0.29) is 11.8 Å². The summed E-state index contributed by atoms with van der Waals surface area (Å²) in [5, 5.41) is 10.7. The summed E-state index contributed by atoms with van der Waals surface area (Å²) in [5.41, 5.74) is 1.29. The fraction of sp³-hybridized carbons (Fsp3) is 0.211. The van der Waals surface area contributed by atoms with Crippen molar-refractivity contribution in [3.63, 3.8) is 0 Å². The Hall–Kier alpha value is -3.70. The maximum atomic E-state index is 12.7. The molecule has 5 rings (SSSR count). The third kappa shape index (κ3) is 3.64. The fourth-order valence-corrected chi connectivity index (χ4v) is 3.56. The molecule has 1 fully saturated rings. The van der Waals surface area contributed by atoms with Crippen LogP contribution >= 0.6 is 11.6 Å². The SMILES string of the molecule is O=C(Nc1cnccc1N1CCNCC1)c1ncc(-n2nc3cc(Cl)ccn3c2=O)o1. The Morgan fingerprint density at radius 3 is 2.90 bits per heavy atom. The second-order valence-corrected chi connectivity index (χ2v) is 7.29. The highest BCUT2D eigenvalue weighted by molar-refractivity contribution is 6.30. The van der Waals surface area contributed by atoms with Crippen LogP contribution in [0.2, 0.25) is 5.02 Å². The van der Waals surface area contributed by atoms with Crippen molar-refractivity contribution in [2.24, 2.45) is 0 Å². The van der Waals surface area contributed by atoms with Crippen LogP contribution in [-0.4, -0.2) is 56.2 Å². The van der Waals surface area contributed by atoms with Crippen LogP contribution in [-0.2, 0) is 0 Å². The van der Waals surface area contributed by atoms with Crippen molar-refractivity contribution < 1.29 is 9.21 Å². The first-order valence-electron chi connectivity index (χ1n) is 9.54. The molecule has 1 saturated heterocycles. The maximum absolute atomic E-state index is 12.7. The van der Waals surface area contributed by atoms with E-state index in [1.807, 2.05) is 6.07 Å². The third-order valence-corrected chi connectivity index (χ3v) is 5.12. The average Bonchev–Trinajstić information content (AvgIpc) is 3.39. The zero-order valence-electron chi connectivity index (χ0n) is 16.2. The standard InChI is InChI=1S/C19H17ClN8O3/c20-12-2-6-27-15(9-12)25-28(19(27)30)16-11-23-18(31-16)17(29)24-13-10-22-3-1-14(13)26-7-4-21-5-8-26/h1-3,6,9-11,21H,4-5,7-8H2,(H,24,29). The summed E-state index contributed by atoms with van der Waals surface area (Å²) in [5.74, 6) is -0.744. The number of halogens is 1. The number of piperazine rings is 1. The topological polar surface area (TPSA) is 123 Å². The molecule has 1 aliphatic rings. The largest absolute Gasteiger partial charge is 0.414 e. The summed E-state index contributed by atoms with van der Waals surface area (Å²) < 4.78 is 7.85. The van der Waals surface area contributed by atoms with Gasteiger partial charge < -0.3 is 20.0 Å². The molecule has 11 nitrogen and oxygen atoms in total. The zero-order chi connectivity index (χ0) is 21.4. The van der Waals surface area contributed by atoms with Crippen molar-refractivity contribution in [3.8, 4) is 5.88 Å². The number of amides is 1. The van der Waals surface area contributed by atoms with Crippen molar-refractivity contribution in [3.05, 3.63) is 64.4 Å². The van der Waals surface area contributed by atoms with Gasteiger partial charge in [-0.1, -0.05) is 11.6 Å². The normalized spacial score (nSPS) is 14.2. The molecule has 0 aliphatic carbocycles. The second-order valence-electron chi connectivity index (χ2n) is 6.86. The summed E-state index contributed by atoms with van der Waals surface area (Å²) in [7, 11) is 0. The molecular formula is C19H17ClN8O3. The van der Waals surface area contributed by atoms with Gasteiger partial charge in [0.05, 0.1) is 23.8 Å². The van der Waals surface area contributed by atoms with Gasteiger partial charge in [-0.25, -0.2) is 14.2 Å². The first kappa shape index (κ1) is 19.3. The number of oxazole rings is 1. The minimum atomic E-state index is -0.560. The monoisotopic (exact) mass is 440 g/mol. The van der Waals surface area contributed by atoms with Gasteiger partial charge in [0.15, 0.2) is 5.65 Å². The number of rotatable bonds is 4. The van der Waals surface area contributed by atoms with Crippen LogP contribution in [0.3, 0.4) is 0 Å². The Balaban J connectivity index is 1.41. The average molecular weight is 441 g/mol. The van der Waals surface area contributed by atoms with Gasteiger partial charge in [0.25, 0.3) is 5.89 Å². The van der Waals surface area contributed by atoms with E-state index in [4.69, 9.17) is 16.0 Å². The first-order valence-corrected chi connectivity index (χ1v) is 9.92. The number of pyridine rings is 2. The molecule has 0 saturated carbocycles. The van der Waals surface area contributed by atoms with Gasteiger partial charge in [0, 0.05) is 49.7 Å². The van der Waals surface area contributed by atoms with Crippen LogP contribution in [0.25, 0.3) is 11.5 Å². The Labute approximate surface area is 180 Å². The lowest BCUT2D eigenvalue weighted by atomic mass is 10.2. The van der Waals surface area contributed by atoms with Crippen molar-refractivity contribution >= 4 is 34.5 Å². The summed E-state index contributed by atoms with van der Waals surface area (Å²) in [6.07, 6.45) is 6.03. The van der Waals surface area contributed by atoms with Gasteiger partial charge in [-0.15, -0.1) is 9.78 Å². The number of anilines is 2. The number of hydrogen-bond donors (Lipinski definition) is 2. The van der Waals surface area contributed by atoms with E-state index in [1.54, 1.807) is 24.5 Å². The molecule has 0 atom stereocenters. The van der Waals surface area contributed by atoms with E-state index < -0.39 is 11.6 Å². The Morgan fingerprint density at radius 1 is 1.23 bits per heavy atom. The van der Waals surface area contributed by atoms with Crippen LogP contribution in [0.1, 0.15) is 10.7 Å². The van der Waals surface area contributed by atoms with E-state index >= 15 is 0 Å². The number of nitrogens with one attached hydrogen (secondary N) is 2. The number of hydrogen-bond acceptors (Lipinski definition) is 8. The molecule has 0 unspecified atom stereocenters. The lowest BCUT2D eigenvalue weighted by Crippen LogP contribution is -2.43. The van der Waals surface area contributed by atoms with Crippen molar-refractivity contribution in [1.29, 1.82) is 0 Å². The summed E-state index contributed by atoms with van der Waals surface area (Å²) in [6.45, 7) is 3.35. The molecular weight excluding hydrogens is 424 g/mol. The Kier molecular flexibility index (Phi) is 4.88. The predicted molar refractivity (Wildman–Crippen MR) is 113 cm³/mol. The van der Waals surface area contributed by atoms with Gasteiger partial charge in [-0.3, -0.25) is 9.78 Å². The Bertz CT molecular complexity index is 1320. The molecule has 2 N–H and O–H groups in total. The lowest BCUT2D eigenvalue weighted by Gasteiger charge is -2.30. The lowest BCUT2D eigenvalue weighted by molar-refractivity contribution is 0.0989. The van der Waals surface area contributed by atoms with E-state index in [9.17, 15) is 9.59 Å². The predicted octanol–water partition coefficient (Wildman–Crippen LogP) is 1.18. The molecule has 4 aromatic rings. The van der Waals surface area contributed by atoms with Crippen molar-refractivity contribution in [1.82, 2.24) is 29.5 Å². The second kappa shape index (κ2) is 7.85. The minimum Gasteiger partial charge on any atom is -0.414 e. The maximum Gasteiger partial charge on any atom is 0.357 e. The highest BCUT2D eigenvalue weighted by atomic mass is 35.5. The van der Waals surface area contributed by atoms with E-state index in [0.717, 1.165) is 36.5 Å². The molecule has 158 valence electrons. The van der Waals surface area contributed by atoms with Gasteiger partial charge in [-0.05, 0) is 12.1 Å². The van der Waals surface area contributed by atoms with Crippen LogP contribution in [0.5, 0.6) is 0 Å². The molecule has 4 aromatic heterocycles. The third-order valence-electron chi connectivity index (χ3n) is 4.89. The smallest absolute Gasteiger partial charge is 0.357 e. The van der Waals surface area contributed by atoms with Crippen LogP contribution < -0.4 is 21.2 Å². The van der Waals surface area contributed by atoms with Crippen molar-refractivity contribution in [2.45, 2.75) is 0 Å². The number of fused-ring (bicyclic) bond motifs is 1. The van der Waals surface area contributed by atoms with Gasteiger partial charge in [0.2, 0.25) is 5.88 Å². The number of nitrogens with zero attached hydrogens (tertiary/aromatic N) is 6. The van der Waals surface area contributed by atoms with E-state index in [1.165, 1.54) is 16.8 Å². The highest BCUT2D eigenvalue weighted by Crippen LogP contribution is 2.25. The van der Waals surface area contributed by atoms with Crippen molar-refractivity contribution in [2.75, 3.05) is 36.4 Å². The molecule has 0 aromatic carbocycles.